The van der Waals surface area contributed by atoms with Gasteiger partial charge in [0.2, 0.25) is 0 Å². The van der Waals surface area contributed by atoms with Gasteiger partial charge in [0.25, 0.3) is 0 Å². The Morgan fingerprint density at radius 1 is 1.20 bits per heavy atom. The largest absolute Gasteiger partial charge is 0.478 e. The van der Waals surface area contributed by atoms with E-state index < -0.39 is 11.5 Å². The molecule has 0 saturated heterocycles. The number of benzene rings is 2. The maximum absolute atomic E-state index is 12.3. The van der Waals surface area contributed by atoms with E-state index >= 15 is 0 Å². The molecule has 130 valence electrons. The van der Waals surface area contributed by atoms with E-state index in [9.17, 15) is 9.90 Å². The zero-order valence-electron chi connectivity index (χ0n) is 14.6. The summed E-state index contributed by atoms with van der Waals surface area (Å²) in [5, 5.41) is 14.1. The number of rotatable bonds is 4. The highest BCUT2D eigenvalue weighted by molar-refractivity contribution is 6.31. The zero-order valence-corrected chi connectivity index (χ0v) is 15.4. The second-order valence-electron chi connectivity index (χ2n) is 7.17. The predicted octanol–water partition coefficient (Wildman–Crippen LogP) is 5.46. The minimum absolute atomic E-state index is 0.345. The fraction of sp³-hybridized carbons (Fsp3) is 0.286. The molecular weight excluding hydrogens is 334 g/mol. The average Bonchev–Trinajstić information content (AvgIpc) is 2.53. The van der Waals surface area contributed by atoms with E-state index in [0.717, 1.165) is 22.4 Å². The SMILES string of the molecule is CC(C)CC1(C)Nc2ccc(Cl)cc2C(c2ccccc2)=C1C(=O)O. The Morgan fingerprint density at radius 2 is 1.88 bits per heavy atom. The number of halogens is 1. The first-order valence-corrected chi connectivity index (χ1v) is 8.81. The van der Waals surface area contributed by atoms with Crippen LogP contribution >= 0.6 is 11.6 Å². The third-order valence-electron chi connectivity index (χ3n) is 4.56. The Bertz CT molecular complexity index is 842. The van der Waals surface area contributed by atoms with E-state index in [1.54, 1.807) is 0 Å². The van der Waals surface area contributed by atoms with Crippen molar-refractivity contribution in [2.45, 2.75) is 32.7 Å². The minimum Gasteiger partial charge on any atom is -0.478 e. The highest BCUT2D eigenvalue weighted by Gasteiger charge is 2.41. The lowest BCUT2D eigenvalue weighted by Gasteiger charge is -2.40. The molecule has 2 N–H and O–H groups in total. The van der Waals surface area contributed by atoms with E-state index in [4.69, 9.17) is 11.6 Å². The van der Waals surface area contributed by atoms with Crippen LogP contribution in [0.3, 0.4) is 0 Å². The Morgan fingerprint density at radius 3 is 2.48 bits per heavy atom. The molecular formula is C21H22ClNO2. The van der Waals surface area contributed by atoms with Crippen LogP contribution < -0.4 is 5.32 Å². The van der Waals surface area contributed by atoms with Crippen LogP contribution in [-0.2, 0) is 4.79 Å². The van der Waals surface area contributed by atoms with Crippen molar-refractivity contribution in [3.8, 4) is 0 Å². The number of carbonyl (C=O) groups is 1. The van der Waals surface area contributed by atoms with Gasteiger partial charge in [0.1, 0.15) is 0 Å². The fourth-order valence-electron chi connectivity index (χ4n) is 3.82. The summed E-state index contributed by atoms with van der Waals surface area (Å²) in [5.74, 6) is -0.558. The smallest absolute Gasteiger partial charge is 0.334 e. The zero-order chi connectivity index (χ0) is 18.2. The molecule has 0 aliphatic carbocycles. The van der Waals surface area contributed by atoms with Crippen molar-refractivity contribution in [3.63, 3.8) is 0 Å². The quantitative estimate of drug-likeness (QED) is 0.765. The van der Waals surface area contributed by atoms with Gasteiger partial charge in [-0.05, 0) is 43.0 Å². The van der Waals surface area contributed by atoms with Crippen molar-refractivity contribution in [1.29, 1.82) is 0 Å². The third-order valence-corrected chi connectivity index (χ3v) is 4.79. The topological polar surface area (TPSA) is 49.3 Å². The first-order valence-electron chi connectivity index (χ1n) is 8.43. The van der Waals surface area contributed by atoms with Gasteiger partial charge in [0, 0.05) is 21.8 Å². The van der Waals surface area contributed by atoms with E-state index in [-0.39, 0.29) is 0 Å². The molecule has 0 aromatic heterocycles. The van der Waals surface area contributed by atoms with E-state index in [1.165, 1.54) is 0 Å². The lowest BCUT2D eigenvalue weighted by molar-refractivity contribution is -0.133. The van der Waals surface area contributed by atoms with Gasteiger partial charge >= 0.3 is 5.97 Å². The van der Waals surface area contributed by atoms with Crippen LogP contribution in [0, 0.1) is 5.92 Å². The fourth-order valence-corrected chi connectivity index (χ4v) is 3.99. The summed E-state index contributed by atoms with van der Waals surface area (Å²) in [4.78, 5) is 12.3. The summed E-state index contributed by atoms with van der Waals surface area (Å²) in [6.45, 7) is 6.18. The molecule has 1 aliphatic heterocycles. The summed E-state index contributed by atoms with van der Waals surface area (Å²) in [5.41, 5.74) is 3.11. The molecule has 2 aromatic carbocycles. The van der Waals surface area contributed by atoms with Crippen molar-refractivity contribution < 1.29 is 9.90 Å². The minimum atomic E-state index is -0.903. The van der Waals surface area contributed by atoms with E-state index in [1.807, 2.05) is 55.5 Å². The molecule has 0 amide bonds. The van der Waals surface area contributed by atoms with Gasteiger partial charge < -0.3 is 10.4 Å². The van der Waals surface area contributed by atoms with Gasteiger partial charge in [-0.3, -0.25) is 0 Å². The number of aliphatic carboxylic acids is 1. The molecule has 0 fully saturated rings. The van der Waals surface area contributed by atoms with E-state index in [2.05, 4.69) is 19.2 Å². The lowest BCUT2D eigenvalue weighted by Crippen LogP contribution is -2.44. The maximum Gasteiger partial charge on any atom is 0.334 e. The van der Waals surface area contributed by atoms with Crippen molar-refractivity contribution in [3.05, 3.63) is 70.3 Å². The van der Waals surface area contributed by atoms with Gasteiger partial charge in [0.15, 0.2) is 0 Å². The average molecular weight is 356 g/mol. The molecule has 1 unspecified atom stereocenters. The number of nitrogens with one attached hydrogen (secondary N) is 1. The summed E-state index contributed by atoms with van der Waals surface area (Å²) in [6.07, 6.45) is 0.715. The Hall–Kier alpha value is -2.26. The van der Waals surface area contributed by atoms with Crippen LogP contribution in [0.2, 0.25) is 5.02 Å². The number of anilines is 1. The molecule has 1 aliphatic rings. The molecule has 0 radical (unpaired) electrons. The lowest BCUT2D eigenvalue weighted by atomic mass is 9.75. The summed E-state index contributed by atoms with van der Waals surface area (Å²) in [6, 6.07) is 15.3. The van der Waals surface area contributed by atoms with Crippen LogP contribution in [0.4, 0.5) is 5.69 Å². The second kappa shape index (κ2) is 6.57. The monoisotopic (exact) mass is 355 g/mol. The highest BCUT2D eigenvalue weighted by Crippen LogP contribution is 2.45. The van der Waals surface area contributed by atoms with Gasteiger partial charge in [0.05, 0.1) is 11.1 Å². The number of carboxylic acids is 1. The van der Waals surface area contributed by atoms with Crippen molar-refractivity contribution in [2.24, 2.45) is 5.92 Å². The van der Waals surface area contributed by atoms with Crippen LogP contribution in [0.1, 0.15) is 38.3 Å². The van der Waals surface area contributed by atoms with E-state index in [0.29, 0.717) is 22.9 Å². The number of carboxylic acid groups (broad SMARTS) is 1. The van der Waals surface area contributed by atoms with Crippen LogP contribution in [0.15, 0.2) is 54.1 Å². The second-order valence-corrected chi connectivity index (χ2v) is 7.60. The molecule has 0 bridgehead atoms. The number of hydrogen-bond donors (Lipinski definition) is 2. The molecule has 0 saturated carbocycles. The Kier molecular flexibility index (Phi) is 4.61. The molecule has 2 aromatic rings. The van der Waals surface area contributed by atoms with Crippen LogP contribution in [0.25, 0.3) is 5.57 Å². The molecule has 0 spiro atoms. The van der Waals surface area contributed by atoms with Gasteiger partial charge in [-0.1, -0.05) is 55.8 Å². The molecule has 25 heavy (non-hydrogen) atoms. The molecule has 1 heterocycles. The maximum atomic E-state index is 12.3. The number of fused-ring (bicyclic) bond motifs is 1. The molecule has 3 rings (SSSR count). The Labute approximate surface area is 153 Å². The van der Waals surface area contributed by atoms with Crippen molar-refractivity contribution >= 4 is 28.8 Å². The summed E-state index contributed by atoms with van der Waals surface area (Å²) in [7, 11) is 0. The molecule has 3 nitrogen and oxygen atoms in total. The van der Waals surface area contributed by atoms with Gasteiger partial charge in [-0.25, -0.2) is 4.79 Å². The summed E-state index contributed by atoms with van der Waals surface area (Å²) >= 11 is 6.21. The van der Waals surface area contributed by atoms with Crippen molar-refractivity contribution in [2.75, 3.05) is 5.32 Å². The van der Waals surface area contributed by atoms with Crippen molar-refractivity contribution in [1.82, 2.24) is 0 Å². The van der Waals surface area contributed by atoms with Gasteiger partial charge in [-0.15, -0.1) is 0 Å². The highest BCUT2D eigenvalue weighted by atomic mass is 35.5. The Balaban J connectivity index is 2.36. The molecule has 1 atom stereocenters. The predicted molar refractivity (Wildman–Crippen MR) is 103 cm³/mol. The third kappa shape index (κ3) is 3.29. The van der Waals surface area contributed by atoms with Gasteiger partial charge in [-0.2, -0.15) is 0 Å². The standard InChI is InChI=1S/C21H22ClNO2/c1-13(2)12-21(3)19(20(24)25)18(14-7-5-4-6-8-14)16-11-15(22)9-10-17(16)23-21/h4-11,13,23H,12H2,1-3H3,(H,24,25). The summed E-state index contributed by atoms with van der Waals surface area (Å²) < 4.78 is 0. The molecule has 4 heteroatoms. The first-order chi connectivity index (χ1) is 11.8. The first kappa shape index (κ1) is 17.6. The van der Waals surface area contributed by atoms with Crippen LogP contribution in [0.5, 0.6) is 0 Å². The number of hydrogen-bond acceptors (Lipinski definition) is 2. The normalized spacial score (nSPS) is 19.6. The van der Waals surface area contributed by atoms with Crippen LogP contribution in [-0.4, -0.2) is 16.6 Å².